The van der Waals surface area contributed by atoms with Crippen molar-refractivity contribution in [2.45, 2.75) is 13.3 Å². The number of hydrogen-bond donors (Lipinski definition) is 1. The van der Waals surface area contributed by atoms with Gasteiger partial charge in [0, 0.05) is 29.9 Å². The zero-order valence-electron chi connectivity index (χ0n) is 13.6. The first-order chi connectivity index (χ1) is 12.0. The van der Waals surface area contributed by atoms with Crippen molar-refractivity contribution in [1.82, 2.24) is 14.7 Å². The predicted octanol–water partition coefficient (Wildman–Crippen LogP) is 3.69. The lowest BCUT2D eigenvalue weighted by Crippen LogP contribution is -2.30. The molecule has 0 radical (unpaired) electrons. The van der Waals surface area contributed by atoms with Gasteiger partial charge in [0.25, 0.3) is 5.91 Å². The second-order valence-electron chi connectivity index (χ2n) is 5.59. The van der Waals surface area contributed by atoms with Gasteiger partial charge < -0.3 is 14.5 Å². The molecule has 130 valence electrons. The molecule has 0 aliphatic carbocycles. The van der Waals surface area contributed by atoms with E-state index < -0.39 is 0 Å². The number of ether oxygens (including phenoxy) is 1. The summed E-state index contributed by atoms with van der Waals surface area (Å²) >= 11 is 11.8. The SMILES string of the molecule is Cc1cccc2nc(CCNC(=O)COc3ccc(Cl)cc3Cl)cn12. The molecule has 3 rings (SSSR count). The Morgan fingerprint density at radius 1 is 1.28 bits per heavy atom. The van der Waals surface area contributed by atoms with Crippen LogP contribution in [0, 0.1) is 6.92 Å². The number of fused-ring (bicyclic) bond motifs is 1. The summed E-state index contributed by atoms with van der Waals surface area (Å²) in [5.74, 6) is 0.211. The van der Waals surface area contributed by atoms with Gasteiger partial charge in [-0.15, -0.1) is 0 Å². The van der Waals surface area contributed by atoms with E-state index in [0.717, 1.165) is 17.0 Å². The largest absolute Gasteiger partial charge is 0.482 e. The van der Waals surface area contributed by atoms with Gasteiger partial charge in [-0.25, -0.2) is 4.98 Å². The fourth-order valence-electron chi connectivity index (χ4n) is 2.44. The van der Waals surface area contributed by atoms with Crippen LogP contribution in [0.3, 0.4) is 0 Å². The summed E-state index contributed by atoms with van der Waals surface area (Å²) in [6, 6.07) is 10.8. The van der Waals surface area contributed by atoms with Gasteiger partial charge in [0.05, 0.1) is 10.7 Å². The van der Waals surface area contributed by atoms with Crippen LogP contribution in [0.25, 0.3) is 5.65 Å². The number of nitrogens with one attached hydrogen (secondary N) is 1. The van der Waals surface area contributed by atoms with Crippen molar-refractivity contribution in [3.8, 4) is 5.75 Å². The maximum Gasteiger partial charge on any atom is 0.257 e. The number of amides is 1. The Labute approximate surface area is 155 Å². The topological polar surface area (TPSA) is 55.6 Å². The number of aromatic nitrogens is 2. The maximum atomic E-state index is 11.9. The van der Waals surface area contributed by atoms with E-state index in [1.807, 2.05) is 35.7 Å². The minimum atomic E-state index is -0.217. The zero-order valence-corrected chi connectivity index (χ0v) is 15.1. The summed E-state index contributed by atoms with van der Waals surface area (Å²) in [6.45, 7) is 2.41. The van der Waals surface area contributed by atoms with E-state index in [9.17, 15) is 4.79 Å². The molecular formula is C18H17Cl2N3O2. The van der Waals surface area contributed by atoms with Crippen LogP contribution in [0.2, 0.25) is 10.0 Å². The van der Waals surface area contributed by atoms with Gasteiger partial charge in [-0.1, -0.05) is 29.3 Å². The van der Waals surface area contributed by atoms with Gasteiger partial charge >= 0.3 is 0 Å². The molecule has 0 saturated heterocycles. The third-order valence-electron chi connectivity index (χ3n) is 3.70. The third-order valence-corrected chi connectivity index (χ3v) is 4.23. The summed E-state index contributed by atoms with van der Waals surface area (Å²) in [5, 5.41) is 3.70. The van der Waals surface area contributed by atoms with Crippen molar-refractivity contribution in [3.05, 3.63) is 64.0 Å². The zero-order chi connectivity index (χ0) is 17.8. The van der Waals surface area contributed by atoms with Crippen LogP contribution < -0.4 is 10.1 Å². The highest BCUT2D eigenvalue weighted by molar-refractivity contribution is 6.35. The van der Waals surface area contributed by atoms with Crippen LogP contribution in [-0.2, 0) is 11.2 Å². The molecule has 2 heterocycles. The number of benzene rings is 1. The van der Waals surface area contributed by atoms with Crippen LogP contribution in [0.1, 0.15) is 11.4 Å². The molecule has 0 atom stereocenters. The molecule has 0 saturated carbocycles. The highest BCUT2D eigenvalue weighted by atomic mass is 35.5. The van der Waals surface area contributed by atoms with Crippen LogP contribution in [-0.4, -0.2) is 28.4 Å². The highest BCUT2D eigenvalue weighted by Gasteiger charge is 2.07. The van der Waals surface area contributed by atoms with Crippen LogP contribution in [0.15, 0.2) is 42.6 Å². The van der Waals surface area contributed by atoms with Crippen LogP contribution in [0.4, 0.5) is 0 Å². The number of carbonyl (C=O) groups is 1. The summed E-state index contributed by atoms with van der Waals surface area (Å²) in [7, 11) is 0. The lowest BCUT2D eigenvalue weighted by molar-refractivity contribution is -0.123. The van der Waals surface area contributed by atoms with Crippen molar-refractivity contribution >= 4 is 34.8 Å². The molecule has 0 bridgehead atoms. The molecule has 1 amide bonds. The Kier molecular flexibility index (Phi) is 5.46. The van der Waals surface area contributed by atoms with E-state index in [1.54, 1.807) is 18.2 Å². The Bertz CT molecular complexity index is 908. The maximum absolute atomic E-state index is 11.9. The number of rotatable bonds is 6. The molecule has 7 heteroatoms. The lowest BCUT2D eigenvalue weighted by Gasteiger charge is -2.08. The number of aryl methyl sites for hydroxylation is 1. The number of nitrogens with zero attached hydrogens (tertiary/aromatic N) is 2. The minimum Gasteiger partial charge on any atom is -0.482 e. The molecular weight excluding hydrogens is 361 g/mol. The minimum absolute atomic E-state index is 0.106. The fraction of sp³-hybridized carbons (Fsp3) is 0.222. The average molecular weight is 378 g/mol. The molecule has 1 aromatic carbocycles. The Hall–Kier alpha value is -2.24. The molecule has 2 aromatic heterocycles. The van der Waals surface area contributed by atoms with Gasteiger partial charge in [0.15, 0.2) is 6.61 Å². The Morgan fingerprint density at radius 3 is 2.88 bits per heavy atom. The van der Waals surface area contributed by atoms with Gasteiger partial charge in [-0.3, -0.25) is 4.79 Å². The summed E-state index contributed by atoms with van der Waals surface area (Å²) in [5.41, 5.74) is 2.95. The van der Waals surface area contributed by atoms with Crippen LogP contribution >= 0.6 is 23.2 Å². The number of carbonyl (C=O) groups excluding carboxylic acids is 1. The van der Waals surface area contributed by atoms with Gasteiger partial charge in [-0.2, -0.15) is 0 Å². The van der Waals surface area contributed by atoms with E-state index in [4.69, 9.17) is 27.9 Å². The van der Waals surface area contributed by atoms with Crippen LogP contribution in [0.5, 0.6) is 5.75 Å². The lowest BCUT2D eigenvalue weighted by atomic mass is 10.3. The van der Waals surface area contributed by atoms with E-state index in [-0.39, 0.29) is 12.5 Å². The molecule has 0 fully saturated rings. The predicted molar refractivity (Wildman–Crippen MR) is 98.6 cm³/mol. The van der Waals surface area contributed by atoms with E-state index in [2.05, 4.69) is 10.3 Å². The second kappa shape index (κ2) is 7.76. The molecule has 0 aliphatic heterocycles. The molecule has 25 heavy (non-hydrogen) atoms. The van der Waals surface area contributed by atoms with E-state index in [0.29, 0.717) is 28.8 Å². The second-order valence-corrected chi connectivity index (χ2v) is 6.43. The number of halogens is 2. The van der Waals surface area contributed by atoms with Crippen molar-refractivity contribution in [2.24, 2.45) is 0 Å². The molecule has 0 spiro atoms. The quantitative estimate of drug-likeness (QED) is 0.712. The first-order valence-electron chi connectivity index (χ1n) is 7.81. The Morgan fingerprint density at radius 2 is 2.12 bits per heavy atom. The van der Waals surface area contributed by atoms with Crippen molar-refractivity contribution in [1.29, 1.82) is 0 Å². The van der Waals surface area contributed by atoms with Gasteiger partial charge in [0.2, 0.25) is 0 Å². The van der Waals surface area contributed by atoms with Crippen molar-refractivity contribution < 1.29 is 9.53 Å². The monoisotopic (exact) mass is 377 g/mol. The van der Waals surface area contributed by atoms with Crippen molar-refractivity contribution in [2.75, 3.05) is 13.2 Å². The van der Waals surface area contributed by atoms with Gasteiger partial charge in [-0.05, 0) is 37.3 Å². The normalized spacial score (nSPS) is 10.8. The van der Waals surface area contributed by atoms with Crippen molar-refractivity contribution in [3.63, 3.8) is 0 Å². The Balaban J connectivity index is 1.48. The first kappa shape index (κ1) is 17.6. The highest BCUT2D eigenvalue weighted by Crippen LogP contribution is 2.27. The smallest absolute Gasteiger partial charge is 0.257 e. The number of hydrogen-bond acceptors (Lipinski definition) is 3. The third kappa shape index (κ3) is 4.44. The van der Waals surface area contributed by atoms with Gasteiger partial charge in [0.1, 0.15) is 11.4 Å². The molecule has 5 nitrogen and oxygen atoms in total. The average Bonchev–Trinajstić information content (AvgIpc) is 2.98. The standard InChI is InChI=1S/C18H17Cl2N3O2/c1-12-3-2-4-17-22-14(10-23(12)17)7-8-21-18(24)11-25-16-6-5-13(19)9-15(16)20/h2-6,9-10H,7-8,11H2,1H3,(H,21,24). The summed E-state index contributed by atoms with van der Waals surface area (Å²) < 4.78 is 7.43. The fourth-order valence-corrected chi connectivity index (χ4v) is 2.90. The molecule has 1 N–H and O–H groups in total. The molecule has 0 aliphatic rings. The van der Waals surface area contributed by atoms with E-state index in [1.165, 1.54) is 0 Å². The number of pyridine rings is 1. The molecule has 3 aromatic rings. The summed E-state index contributed by atoms with van der Waals surface area (Å²) in [6.07, 6.45) is 2.63. The van der Waals surface area contributed by atoms with E-state index >= 15 is 0 Å². The molecule has 0 unspecified atom stereocenters. The number of imidazole rings is 1. The first-order valence-corrected chi connectivity index (χ1v) is 8.56. The summed E-state index contributed by atoms with van der Waals surface area (Å²) in [4.78, 5) is 16.4.